The van der Waals surface area contributed by atoms with Gasteiger partial charge in [-0.05, 0) is 44.6 Å². The summed E-state index contributed by atoms with van der Waals surface area (Å²) >= 11 is 1.76. The average Bonchev–Trinajstić information content (AvgIpc) is 2.75. The lowest BCUT2D eigenvalue weighted by atomic mass is 10.0. The smallest absolute Gasteiger partial charge is 0.306 e. The Hall–Kier alpha value is -0.710. The maximum absolute atomic E-state index is 11.9. The number of thioether (sulfide) groups is 1. The van der Waals surface area contributed by atoms with Gasteiger partial charge in [0.1, 0.15) is 0 Å². The summed E-state index contributed by atoms with van der Waals surface area (Å²) in [5, 5.41) is 11.8. The first-order chi connectivity index (χ1) is 8.04. The molecule has 3 unspecified atom stereocenters. The normalized spacial score (nSPS) is 25.5. The minimum Gasteiger partial charge on any atom is -0.481 e. The molecule has 0 heterocycles. The summed E-state index contributed by atoms with van der Waals surface area (Å²) in [6, 6.07) is 0.179. The van der Waals surface area contributed by atoms with Crippen LogP contribution in [0.2, 0.25) is 0 Å². The molecule has 1 saturated carbocycles. The van der Waals surface area contributed by atoms with Gasteiger partial charge in [-0.25, -0.2) is 0 Å². The number of hydrogen-bond donors (Lipinski definition) is 2. The zero-order chi connectivity index (χ0) is 12.8. The molecule has 1 fully saturated rings. The Balaban J connectivity index is 2.31. The van der Waals surface area contributed by atoms with Crippen LogP contribution in [-0.4, -0.2) is 35.0 Å². The fourth-order valence-electron chi connectivity index (χ4n) is 2.17. The first-order valence-corrected chi connectivity index (χ1v) is 7.46. The van der Waals surface area contributed by atoms with Gasteiger partial charge in [0, 0.05) is 12.0 Å². The Bertz CT molecular complexity index is 283. The molecule has 0 aromatic rings. The number of carboxylic acid groups (broad SMARTS) is 1. The SMILES string of the molecule is CSCCC(C)NC(=O)C1CCC(C(=O)O)C1. The monoisotopic (exact) mass is 259 g/mol. The van der Waals surface area contributed by atoms with Crippen molar-refractivity contribution in [3.63, 3.8) is 0 Å². The Kier molecular flexibility index (Phi) is 5.82. The van der Waals surface area contributed by atoms with Crippen molar-refractivity contribution in [2.24, 2.45) is 11.8 Å². The van der Waals surface area contributed by atoms with E-state index in [1.165, 1.54) is 0 Å². The molecule has 4 nitrogen and oxygen atoms in total. The van der Waals surface area contributed by atoms with Crippen molar-refractivity contribution in [3.05, 3.63) is 0 Å². The summed E-state index contributed by atoms with van der Waals surface area (Å²) in [5.74, 6) is -0.137. The van der Waals surface area contributed by atoms with Crippen LogP contribution in [0.5, 0.6) is 0 Å². The minimum atomic E-state index is -0.768. The average molecular weight is 259 g/mol. The molecule has 1 aliphatic rings. The van der Waals surface area contributed by atoms with Crippen molar-refractivity contribution in [2.75, 3.05) is 12.0 Å². The van der Waals surface area contributed by atoms with Crippen LogP contribution in [0, 0.1) is 11.8 Å². The molecule has 0 radical (unpaired) electrons. The summed E-state index contributed by atoms with van der Waals surface area (Å²) in [6.07, 6.45) is 4.84. The number of carbonyl (C=O) groups excluding carboxylic acids is 1. The second kappa shape index (κ2) is 6.89. The van der Waals surface area contributed by atoms with E-state index in [-0.39, 0.29) is 23.8 Å². The summed E-state index contributed by atoms with van der Waals surface area (Å²) < 4.78 is 0. The lowest BCUT2D eigenvalue weighted by Crippen LogP contribution is -2.37. The van der Waals surface area contributed by atoms with Crippen molar-refractivity contribution in [2.45, 2.75) is 38.6 Å². The maximum Gasteiger partial charge on any atom is 0.306 e. The van der Waals surface area contributed by atoms with Crippen LogP contribution >= 0.6 is 11.8 Å². The van der Waals surface area contributed by atoms with Crippen LogP contribution in [0.1, 0.15) is 32.6 Å². The van der Waals surface area contributed by atoms with Crippen molar-refractivity contribution in [1.82, 2.24) is 5.32 Å². The highest BCUT2D eigenvalue weighted by molar-refractivity contribution is 7.98. The van der Waals surface area contributed by atoms with Gasteiger partial charge in [-0.1, -0.05) is 0 Å². The maximum atomic E-state index is 11.9. The second-order valence-electron chi connectivity index (χ2n) is 4.74. The Morgan fingerprint density at radius 1 is 1.41 bits per heavy atom. The molecule has 98 valence electrons. The fraction of sp³-hybridized carbons (Fsp3) is 0.833. The van der Waals surface area contributed by atoms with Gasteiger partial charge in [0.05, 0.1) is 5.92 Å². The zero-order valence-electron chi connectivity index (χ0n) is 10.4. The number of rotatable bonds is 6. The largest absolute Gasteiger partial charge is 0.481 e. The molecule has 0 aromatic heterocycles. The zero-order valence-corrected chi connectivity index (χ0v) is 11.3. The van der Waals surface area contributed by atoms with E-state index in [2.05, 4.69) is 5.32 Å². The molecule has 1 aliphatic carbocycles. The molecular weight excluding hydrogens is 238 g/mol. The molecule has 0 saturated heterocycles. The molecule has 17 heavy (non-hydrogen) atoms. The topological polar surface area (TPSA) is 66.4 Å². The third kappa shape index (κ3) is 4.58. The van der Waals surface area contributed by atoms with Crippen LogP contribution in [0.3, 0.4) is 0 Å². The summed E-state index contributed by atoms with van der Waals surface area (Å²) in [5.41, 5.74) is 0. The molecule has 0 bridgehead atoms. The van der Waals surface area contributed by atoms with Gasteiger partial charge in [0.2, 0.25) is 5.91 Å². The first-order valence-electron chi connectivity index (χ1n) is 6.06. The van der Waals surface area contributed by atoms with Gasteiger partial charge in [-0.3, -0.25) is 9.59 Å². The molecule has 0 aliphatic heterocycles. The van der Waals surface area contributed by atoms with E-state index in [1.54, 1.807) is 11.8 Å². The third-order valence-corrected chi connectivity index (χ3v) is 3.94. The lowest BCUT2D eigenvalue weighted by molar-refractivity contribution is -0.141. The minimum absolute atomic E-state index is 0.0300. The van der Waals surface area contributed by atoms with Crippen LogP contribution in [-0.2, 0) is 9.59 Å². The number of aliphatic carboxylic acids is 1. The molecule has 1 rings (SSSR count). The third-order valence-electron chi connectivity index (χ3n) is 3.30. The van der Waals surface area contributed by atoms with Gasteiger partial charge < -0.3 is 10.4 Å². The van der Waals surface area contributed by atoms with Crippen LogP contribution < -0.4 is 5.32 Å². The highest BCUT2D eigenvalue weighted by atomic mass is 32.2. The molecule has 2 N–H and O–H groups in total. The lowest BCUT2D eigenvalue weighted by Gasteiger charge is -2.16. The highest BCUT2D eigenvalue weighted by Crippen LogP contribution is 2.31. The molecule has 5 heteroatoms. The van der Waals surface area contributed by atoms with Gasteiger partial charge in [0.25, 0.3) is 0 Å². The van der Waals surface area contributed by atoms with E-state index in [9.17, 15) is 9.59 Å². The standard InChI is InChI=1S/C12H21NO3S/c1-8(5-6-17-2)13-11(14)9-3-4-10(7-9)12(15)16/h8-10H,3-7H2,1-2H3,(H,13,14)(H,15,16). The van der Waals surface area contributed by atoms with Crippen molar-refractivity contribution in [3.8, 4) is 0 Å². The van der Waals surface area contributed by atoms with E-state index in [4.69, 9.17) is 5.11 Å². The van der Waals surface area contributed by atoms with E-state index in [1.807, 2.05) is 13.2 Å². The van der Waals surface area contributed by atoms with E-state index in [0.717, 1.165) is 12.2 Å². The Morgan fingerprint density at radius 2 is 2.06 bits per heavy atom. The molecule has 0 spiro atoms. The number of carboxylic acids is 1. The predicted octanol–water partition coefficient (Wildman–Crippen LogP) is 1.75. The van der Waals surface area contributed by atoms with Crippen LogP contribution in [0.4, 0.5) is 0 Å². The van der Waals surface area contributed by atoms with Crippen molar-refractivity contribution in [1.29, 1.82) is 0 Å². The molecular formula is C12H21NO3S. The molecule has 0 aromatic carbocycles. The van der Waals surface area contributed by atoms with Gasteiger partial charge in [-0.15, -0.1) is 0 Å². The fourth-order valence-corrected chi connectivity index (χ4v) is 2.76. The number of hydrogen-bond acceptors (Lipinski definition) is 3. The van der Waals surface area contributed by atoms with Crippen molar-refractivity contribution < 1.29 is 14.7 Å². The number of nitrogens with one attached hydrogen (secondary N) is 1. The highest BCUT2D eigenvalue weighted by Gasteiger charge is 2.33. The van der Waals surface area contributed by atoms with Gasteiger partial charge in [0.15, 0.2) is 0 Å². The quantitative estimate of drug-likeness (QED) is 0.762. The Morgan fingerprint density at radius 3 is 2.59 bits per heavy atom. The van der Waals surface area contributed by atoms with Crippen molar-refractivity contribution >= 4 is 23.6 Å². The Labute approximate surface area is 107 Å². The van der Waals surface area contributed by atoms with E-state index < -0.39 is 5.97 Å². The molecule has 1 amide bonds. The van der Waals surface area contributed by atoms with E-state index in [0.29, 0.717) is 19.3 Å². The summed E-state index contributed by atoms with van der Waals surface area (Å²) in [6.45, 7) is 2.00. The summed E-state index contributed by atoms with van der Waals surface area (Å²) in [7, 11) is 0. The van der Waals surface area contributed by atoms with Crippen LogP contribution in [0.25, 0.3) is 0 Å². The molecule has 3 atom stereocenters. The van der Waals surface area contributed by atoms with Gasteiger partial charge in [-0.2, -0.15) is 11.8 Å². The van der Waals surface area contributed by atoms with E-state index >= 15 is 0 Å². The summed E-state index contributed by atoms with van der Waals surface area (Å²) in [4.78, 5) is 22.7. The second-order valence-corrected chi connectivity index (χ2v) is 5.72. The van der Waals surface area contributed by atoms with Crippen LogP contribution in [0.15, 0.2) is 0 Å². The first kappa shape index (κ1) is 14.4. The number of amides is 1. The van der Waals surface area contributed by atoms with Gasteiger partial charge >= 0.3 is 5.97 Å². The predicted molar refractivity (Wildman–Crippen MR) is 69.1 cm³/mol. The number of carbonyl (C=O) groups is 2.